The Balaban J connectivity index is 0.00000484. The van der Waals surface area contributed by atoms with Gasteiger partial charge in [-0.2, -0.15) is 0 Å². The molecule has 1 aromatic rings. The number of sulfone groups is 1. The van der Waals surface area contributed by atoms with E-state index in [0.717, 1.165) is 11.8 Å². The minimum absolute atomic E-state index is 0. The average Bonchev–Trinajstić information content (AvgIpc) is 2.39. The van der Waals surface area contributed by atoms with Gasteiger partial charge in [-0.05, 0) is 37.5 Å². The van der Waals surface area contributed by atoms with Crippen LogP contribution in [0.1, 0.15) is 18.9 Å². The number of carbonyl (C=O) groups excluding carboxylic acids is 1. The van der Waals surface area contributed by atoms with Gasteiger partial charge >= 0.3 is 0 Å². The van der Waals surface area contributed by atoms with E-state index in [-0.39, 0.29) is 36.5 Å². The van der Waals surface area contributed by atoms with Crippen molar-refractivity contribution in [2.45, 2.75) is 31.8 Å². The number of amides is 1. The van der Waals surface area contributed by atoms with Gasteiger partial charge in [0.25, 0.3) is 0 Å². The molecule has 132 valence electrons. The molecular formula is C14H21Cl3N2O3S. The predicted octanol–water partition coefficient (Wildman–Crippen LogP) is 2.22. The summed E-state index contributed by atoms with van der Waals surface area (Å²) in [6.45, 7) is 1.81. The van der Waals surface area contributed by atoms with E-state index < -0.39 is 15.9 Å². The first-order valence-corrected chi connectivity index (χ1v) is 9.58. The molecule has 1 rings (SSSR count). The standard InChI is InChI=1S/C14H20Cl2N2O3S.ClH/c1-9(8-10-11(15)4-3-5-12(10)16)18-14(19)13(17)6-7-22(2,20)21;/h3-5,9,13H,6-8,17H2,1-2H3,(H,18,19);1H. The fourth-order valence-corrected chi connectivity index (χ4v) is 3.14. The van der Waals surface area contributed by atoms with E-state index in [1.165, 1.54) is 0 Å². The van der Waals surface area contributed by atoms with Gasteiger partial charge in [0.15, 0.2) is 0 Å². The second-order valence-electron chi connectivity index (χ2n) is 5.34. The van der Waals surface area contributed by atoms with Gasteiger partial charge in [-0.1, -0.05) is 29.3 Å². The quantitative estimate of drug-likeness (QED) is 0.730. The van der Waals surface area contributed by atoms with E-state index in [1.54, 1.807) is 25.1 Å². The summed E-state index contributed by atoms with van der Waals surface area (Å²) in [5.41, 5.74) is 6.45. The summed E-state index contributed by atoms with van der Waals surface area (Å²) in [7, 11) is -3.14. The van der Waals surface area contributed by atoms with Crippen molar-refractivity contribution in [1.82, 2.24) is 5.32 Å². The molecule has 1 amide bonds. The Hall–Kier alpha value is -0.530. The zero-order valence-electron chi connectivity index (χ0n) is 12.9. The molecule has 23 heavy (non-hydrogen) atoms. The molecule has 0 spiro atoms. The Bertz CT molecular complexity index is 618. The monoisotopic (exact) mass is 402 g/mol. The van der Waals surface area contributed by atoms with Crippen molar-refractivity contribution in [3.8, 4) is 0 Å². The summed E-state index contributed by atoms with van der Waals surface area (Å²) in [6, 6.07) is 4.12. The molecule has 0 aliphatic carbocycles. The number of nitrogens with two attached hydrogens (primary N) is 1. The molecular weight excluding hydrogens is 383 g/mol. The molecule has 0 heterocycles. The van der Waals surface area contributed by atoms with Gasteiger partial charge < -0.3 is 11.1 Å². The molecule has 2 atom stereocenters. The zero-order valence-corrected chi connectivity index (χ0v) is 16.0. The van der Waals surface area contributed by atoms with Crippen LogP contribution < -0.4 is 11.1 Å². The first kappa shape index (κ1) is 22.5. The molecule has 0 aliphatic heterocycles. The lowest BCUT2D eigenvalue weighted by molar-refractivity contribution is -0.122. The molecule has 0 fully saturated rings. The van der Waals surface area contributed by atoms with Crippen molar-refractivity contribution < 1.29 is 13.2 Å². The van der Waals surface area contributed by atoms with E-state index in [1.807, 2.05) is 0 Å². The first-order chi connectivity index (χ1) is 10.1. The number of halogens is 3. The molecule has 0 aliphatic rings. The van der Waals surface area contributed by atoms with Crippen molar-refractivity contribution >= 4 is 51.4 Å². The van der Waals surface area contributed by atoms with E-state index >= 15 is 0 Å². The molecule has 0 radical (unpaired) electrons. The molecule has 0 saturated carbocycles. The topological polar surface area (TPSA) is 89.3 Å². The maximum atomic E-state index is 11.9. The van der Waals surface area contributed by atoms with Gasteiger partial charge in [-0.25, -0.2) is 8.42 Å². The summed E-state index contributed by atoms with van der Waals surface area (Å²) in [4.78, 5) is 11.9. The fraction of sp³-hybridized carbons (Fsp3) is 0.500. The van der Waals surface area contributed by atoms with Gasteiger partial charge in [-0.15, -0.1) is 12.4 Å². The molecule has 1 aromatic carbocycles. The van der Waals surface area contributed by atoms with Crippen molar-refractivity contribution in [1.29, 1.82) is 0 Å². The third-order valence-corrected chi connectivity index (χ3v) is 4.78. The summed E-state index contributed by atoms with van der Waals surface area (Å²) in [5.74, 6) is -0.508. The van der Waals surface area contributed by atoms with E-state index in [0.29, 0.717) is 16.5 Å². The zero-order chi connectivity index (χ0) is 16.9. The Morgan fingerprint density at radius 1 is 1.30 bits per heavy atom. The van der Waals surface area contributed by atoms with Crippen LogP contribution in [0, 0.1) is 0 Å². The Kier molecular flexibility index (Phi) is 9.47. The number of carbonyl (C=O) groups is 1. The van der Waals surface area contributed by atoms with Crippen LogP contribution in [0.2, 0.25) is 10.0 Å². The molecule has 9 heteroatoms. The van der Waals surface area contributed by atoms with Crippen LogP contribution in [-0.4, -0.2) is 38.4 Å². The highest BCUT2D eigenvalue weighted by Crippen LogP contribution is 2.25. The van der Waals surface area contributed by atoms with Crippen LogP contribution in [0.15, 0.2) is 18.2 Å². The Morgan fingerprint density at radius 2 is 1.83 bits per heavy atom. The minimum Gasteiger partial charge on any atom is -0.352 e. The van der Waals surface area contributed by atoms with Crippen LogP contribution in [-0.2, 0) is 21.1 Å². The van der Waals surface area contributed by atoms with E-state index in [2.05, 4.69) is 5.32 Å². The van der Waals surface area contributed by atoms with Gasteiger partial charge in [0.05, 0.1) is 11.8 Å². The maximum Gasteiger partial charge on any atom is 0.237 e. The van der Waals surface area contributed by atoms with Gasteiger partial charge in [0, 0.05) is 22.3 Å². The highest BCUT2D eigenvalue weighted by atomic mass is 35.5. The largest absolute Gasteiger partial charge is 0.352 e. The summed E-state index contributed by atoms with van der Waals surface area (Å²) < 4.78 is 22.2. The van der Waals surface area contributed by atoms with Crippen molar-refractivity contribution in [3.05, 3.63) is 33.8 Å². The average molecular weight is 404 g/mol. The third-order valence-electron chi connectivity index (χ3n) is 3.10. The lowest BCUT2D eigenvalue weighted by atomic mass is 10.1. The van der Waals surface area contributed by atoms with Crippen LogP contribution in [0.25, 0.3) is 0 Å². The first-order valence-electron chi connectivity index (χ1n) is 6.76. The van der Waals surface area contributed by atoms with Crippen LogP contribution in [0.3, 0.4) is 0 Å². The van der Waals surface area contributed by atoms with Crippen LogP contribution >= 0.6 is 35.6 Å². The Morgan fingerprint density at radius 3 is 2.30 bits per heavy atom. The maximum absolute atomic E-state index is 11.9. The number of hydrogen-bond donors (Lipinski definition) is 2. The summed E-state index contributed by atoms with van der Waals surface area (Å²) >= 11 is 12.2. The number of nitrogens with one attached hydrogen (secondary N) is 1. The normalized spacial score (nSPS) is 13.8. The van der Waals surface area contributed by atoms with Crippen molar-refractivity contribution in [2.24, 2.45) is 5.73 Å². The predicted molar refractivity (Wildman–Crippen MR) is 97.3 cm³/mol. The SMILES string of the molecule is CC(Cc1c(Cl)cccc1Cl)NC(=O)C(N)CCS(C)(=O)=O.Cl. The fourth-order valence-electron chi connectivity index (χ4n) is 1.91. The van der Waals surface area contributed by atoms with E-state index in [9.17, 15) is 13.2 Å². The lowest BCUT2D eigenvalue weighted by Crippen LogP contribution is -2.45. The second kappa shape index (κ2) is 9.69. The summed E-state index contributed by atoms with van der Waals surface area (Å²) in [6.07, 6.45) is 1.66. The van der Waals surface area contributed by atoms with Gasteiger partial charge in [-0.3, -0.25) is 4.79 Å². The summed E-state index contributed by atoms with van der Waals surface area (Å²) in [5, 5.41) is 3.82. The molecule has 2 unspecified atom stereocenters. The Labute approximate surface area is 153 Å². The number of rotatable bonds is 7. The molecule has 0 saturated heterocycles. The smallest absolute Gasteiger partial charge is 0.237 e. The highest BCUT2D eigenvalue weighted by Gasteiger charge is 2.19. The number of benzene rings is 1. The lowest BCUT2D eigenvalue weighted by Gasteiger charge is -2.18. The van der Waals surface area contributed by atoms with Crippen molar-refractivity contribution in [2.75, 3.05) is 12.0 Å². The van der Waals surface area contributed by atoms with Crippen LogP contribution in [0.5, 0.6) is 0 Å². The molecule has 5 nitrogen and oxygen atoms in total. The molecule has 0 aromatic heterocycles. The number of hydrogen-bond acceptors (Lipinski definition) is 4. The van der Waals surface area contributed by atoms with Crippen molar-refractivity contribution in [3.63, 3.8) is 0 Å². The minimum atomic E-state index is -3.14. The van der Waals surface area contributed by atoms with Crippen LogP contribution in [0.4, 0.5) is 0 Å². The molecule has 0 bridgehead atoms. The third kappa shape index (κ3) is 8.22. The molecule has 3 N–H and O–H groups in total. The second-order valence-corrected chi connectivity index (χ2v) is 8.41. The van der Waals surface area contributed by atoms with Gasteiger partial charge in [0.2, 0.25) is 5.91 Å². The van der Waals surface area contributed by atoms with Gasteiger partial charge in [0.1, 0.15) is 9.84 Å². The highest BCUT2D eigenvalue weighted by molar-refractivity contribution is 7.90. The van der Waals surface area contributed by atoms with E-state index in [4.69, 9.17) is 28.9 Å².